The highest BCUT2D eigenvalue weighted by Gasteiger charge is 2.03. The molecule has 0 aromatic heterocycles. The molecule has 3 heteroatoms. The average molecular weight is 126 g/mol. The van der Waals surface area contributed by atoms with Crippen molar-refractivity contribution in [3.63, 3.8) is 0 Å². The minimum absolute atomic E-state index is 0.183. The molecule has 0 rings (SSSR count). The lowest BCUT2D eigenvalue weighted by Crippen LogP contribution is -2.02. The van der Waals surface area contributed by atoms with Crippen molar-refractivity contribution in [3.8, 4) is 0 Å². The summed E-state index contributed by atoms with van der Waals surface area (Å²) in [5, 5.41) is 0. The fourth-order valence-corrected chi connectivity index (χ4v) is 0.277. The molecule has 0 spiro atoms. The van der Waals surface area contributed by atoms with E-state index in [1.54, 1.807) is 0 Å². The molecule has 3 nitrogen and oxygen atoms in total. The van der Waals surface area contributed by atoms with Gasteiger partial charge in [0.05, 0.1) is 7.11 Å². The number of carbonyl (C=O) groups excluding carboxylic acids is 2. The Bertz CT molecular complexity index is 175. The Morgan fingerprint density at radius 3 is 2.44 bits per heavy atom. The van der Waals surface area contributed by atoms with Crippen LogP contribution in [0.2, 0.25) is 0 Å². The highest BCUT2D eigenvalue weighted by atomic mass is 16.5. The van der Waals surface area contributed by atoms with Gasteiger partial charge in [0.1, 0.15) is 11.5 Å². The van der Waals surface area contributed by atoms with Crippen LogP contribution in [0.25, 0.3) is 0 Å². The van der Waals surface area contributed by atoms with Gasteiger partial charge in [-0.05, 0) is 6.08 Å². The minimum Gasteiger partial charge on any atom is -0.465 e. The van der Waals surface area contributed by atoms with Crippen molar-refractivity contribution >= 4 is 11.9 Å². The van der Waals surface area contributed by atoms with E-state index in [1.165, 1.54) is 13.1 Å². The lowest BCUT2D eigenvalue weighted by atomic mass is 10.3. The summed E-state index contributed by atoms with van der Waals surface area (Å²) in [5.41, 5.74) is -0.183. The van der Waals surface area contributed by atoms with Gasteiger partial charge in [-0.25, -0.2) is 9.59 Å². The Kier molecular flexibility index (Phi) is 3.09. The van der Waals surface area contributed by atoms with Gasteiger partial charge in [-0.1, -0.05) is 6.58 Å². The van der Waals surface area contributed by atoms with Crippen LogP contribution in [0.15, 0.2) is 18.2 Å². The van der Waals surface area contributed by atoms with E-state index >= 15 is 0 Å². The third-order valence-electron chi connectivity index (χ3n) is 0.719. The summed E-state index contributed by atoms with van der Waals surface area (Å²) in [6.07, 6.45) is 1.10. The molecule has 0 aromatic rings. The van der Waals surface area contributed by atoms with Crippen LogP contribution in [0.3, 0.4) is 0 Å². The second kappa shape index (κ2) is 3.64. The number of carbonyl (C=O) groups is 1. The van der Waals surface area contributed by atoms with Crippen LogP contribution in [0.4, 0.5) is 0 Å². The molecule has 0 N–H and O–H groups in total. The topological polar surface area (TPSA) is 43.4 Å². The molecule has 0 saturated carbocycles. The van der Waals surface area contributed by atoms with Gasteiger partial charge in [0.15, 0.2) is 0 Å². The van der Waals surface area contributed by atoms with Gasteiger partial charge in [0.2, 0.25) is 0 Å². The SMILES string of the molecule is C=CC(=C=O)C(=O)OC. The Morgan fingerprint density at radius 2 is 2.33 bits per heavy atom. The number of ether oxygens (including phenoxy) is 1. The summed E-state index contributed by atoms with van der Waals surface area (Å²) in [5.74, 6) is 0.668. The Morgan fingerprint density at radius 1 is 1.78 bits per heavy atom. The van der Waals surface area contributed by atoms with E-state index in [9.17, 15) is 9.59 Å². The van der Waals surface area contributed by atoms with Crippen LogP contribution >= 0.6 is 0 Å². The van der Waals surface area contributed by atoms with Gasteiger partial charge in [-0.15, -0.1) is 0 Å². The first kappa shape index (κ1) is 7.66. The average Bonchev–Trinajstić information content (AvgIpc) is 1.90. The van der Waals surface area contributed by atoms with Crippen molar-refractivity contribution in [1.29, 1.82) is 0 Å². The standard InChI is InChI=1S/C6H6O3/c1-3-5(4-7)6(8)9-2/h3H,1H2,2H3. The Balaban J connectivity index is 4.32. The van der Waals surface area contributed by atoms with Crippen molar-refractivity contribution < 1.29 is 14.3 Å². The fourth-order valence-electron chi connectivity index (χ4n) is 0.277. The van der Waals surface area contributed by atoms with Crippen LogP contribution in [0, 0.1) is 0 Å². The number of hydrogen-bond acceptors (Lipinski definition) is 3. The smallest absolute Gasteiger partial charge is 0.349 e. The quantitative estimate of drug-likeness (QED) is 0.228. The Hall–Kier alpha value is -1.34. The van der Waals surface area contributed by atoms with E-state index in [4.69, 9.17) is 0 Å². The second-order valence-corrected chi connectivity index (χ2v) is 1.21. The predicted molar refractivity (Wildman–Crippen MR) is 31.4 cm³/mol. The van der Waals surface area contributed by atoms with Crippen molar-refractivity contribution in [3.05, 3.63) is 18.2 Å². The van der Waals surface area contributed by atoms with E-state index in [0.29, 0.717) is 0 Å². The van der Waals surface area contributed by atoms with Crippen LogP contribution in [-0.4, -0.2) is 19.0 Å². The number of methoxy groups -OCH3 is 1. The van der Waals surface area contributed by atoms with Crippen molar-refractivity contribution in [2.24, 2.45) is 0 Å². The summed E-state index contributed by atoms with van der Waals surface area (Å²) in [6, 6.07) is 0. The van der Waals surface area contributed by atoms with Gasteiger partial charge < -0.3 is 4.74 Å². The van der Waals surface area contributed by atoms with Crippen molar-refractivity contribution in [1.82, 2.24) is 0 Å². The monoisotopic (exact) mass is 126 g/mol. The van der Waals surface area contributed by atoms with E-state index in [-0.39, 0.29) is 5.57 Å². The molecule has 0 aliphatic carbocycles. The molecule has 9 heavy (non-hydrogen) atoms. The van der Waals surface area contributed by atoms with Crippen LogP contribution in [0.5, 0.6) is 0 Å². The predicted octanol–water partition coefficient (Wildman–Crippen LogP) is 0.103. The highest BCUT2D eigenvalue weighted by Crippen LogP contribution is 1.90. The first-order valence-corrected chi connectivity index (χ1v) is 2.22. The zero-order valence-electron chi connectivity index (χ0n) is 5.01. The highest BCUT2D eigenvalue weighted by molar-refractivity contribution is 5.99. The van der Waals surface area contributed by atoms with E-state index < -0.39 is 5.97 Å². The van der Waals surface area contributed by atoms with Gasteiger partial charge in [-0.2, -0.15) is 0 Å². The maximum atomic E-state index is 10.4. The van der Waals surface area contributed by atoms with Gasteiger partial charge >= 0.3 is 5.97 Å². The molecule has 0 unspecified atom stereocenters. The van der Waals surface area contributed by atoms with Gasteiger partial charge in [0.25, 0.3) is 0 Å². The summed E-state index contributed by atoms with van der Waals surface area (Å²) in [6.45, 7) is 3.20. The third kappa shape index (κ3) is 1.93. The molecular weight excluding hydrogens is 120 g/mol. The van der Waals surface area contributed by atoms with Crippen LogP contribution < -0.4 is 0 Å². The molecule has 0 radical (unpaired) electrons. The second-order valence-electron chi connectivity index (χ2n) is 1.21. The zero-order valence-corrected chi connectivity index (χ0v) is 5.01. The number of esters is 1. The van der Waals surface area contributed by atoms with Gasteiger partial charge in [-0.3, -0.25) is 0 Å². The molecule has 48 valence electrons. The molecule has 0 amide bonds. The maximum absolute atomic E-state index is 10.4. The summed E-state index contributed by atoms with van der Waals surface area (Å²) < 4.78 is 4.18. The first-order valence-electron chi connectivity index (χ1n) is 2.22. The molecule has 0 heterocycles. The van der Waals surface area contributed by atoms with Crippen molar-refractivity contribution in [2.75, 3.05) is 7.11 Å². The number of hydrogen-bond donors (Lipinski definition) is 0. The summed E-state index contributed by atoms with van der Waals surface area (Å²) in [7, 11) is 1.18. The Labute approximate surface area is 52.6 Å². The normalized spacial score (nSPS) is 7.22. The minimum atomic E-state index is -0.708. The molecule has 0 bridgehead atoms. The first-order chi connectivity index (χ1) is 4.26. The van der Waals surface area contributed by atoms with E-state index in [2.05, 4.69) is 11.3 Å². The lowest BCUT2D eigenvalue weighted by Gasteiger charge is -1.90. The molecule has 0 fully saturated rings. The van der Waals surface area contributed by atoms with Gasteiger partial charge in [0, 0.05) is 0 Å². The lowest BCUT2D eigenvalue weighted by molar-refractivity contribution is -0.135. The zero-order chi connectivity index (χ0) is 7.28. The van der Waals surface area contributed by atoms with Crippen molar-refractivity contribution in [2.45, 2.75) is 0 Å². The molecule has 0 atom stereocenters. The molecule has 0 aliphatic rings. The van der Waals surface area contributed by atoms with E-state index in [1.807, 2.05) is 0 Å². The summed E-state index contributed by atoms with van der Waals surface area (Å²) >= 11 is 0. The van der Waals surface area contributed by atoms with Crippen LogP contribution in [0.1, 0.15) is 0 Å². The molecule has 0 aliphatic heterocycles. The van der Waals surface area contributed by atoms with Crippen LogP contribution in [-0.2, 0) is 14.3 Å². The van der Waals surface area contributed by atoms with E-state index in [0.717, 1.165) is 6.08 Å². The number of rotatable bonds is 2. The third-order valence-corrected chi connectivity index (χ3v) is 0.719. The fraction of sp³-hybridized carbons (Fsp3) is 0.167. The maximum Gasteiger partial charge on any atom is 0.349 e. The molecule has 0 saturated heterocycles. The molecular formula is C6H6O3. The largest absolute Gasteiger partial charge is 0.465 e. The molecule has 0 aromatic carbocycles. The summed E-state index contributed by atoms with van der Waals surface area (Å²) in [4.78, 5) is 20.2.